The molecule has 14 heavy (non-hydrogen) atoms. The minimum Gasteiger partial charge on any atom is -0.261 e. The molecule has 0 atom stereocenters. The fourth-order valence-electron chi connectivity index (χ4n) is 2.22. The van der Waals surface area contributed by atoms with Crippen LogP contribution in [0.15, 0.2) is 12.3 Å². The molecule has 1 heterocycles. The van der Waals surface area contributed by atoms with Crippen LogP contribution >= 0.6 is 0 Å². The quantitative estimate of drug-likeness (QED) is 0.696. The SMILES string of the molecule is CC(C)Cc1cnc2c(c1)CCCC2. The molecule has 0 fully saturated rings. The van der Waals surface area contributed by atoms with E-state index in [1.54, 1.807) is 0 Å². The van der Waals surface area contributed by atoms with Crippen molar-refractivity contribution in [2.24, 2.45) is 5.92 Å². The molecule has 0 bridgehead atoms. The molecule has 0 saturated heterocycles. The van der Waals surface area contributed by atoms with Crippen LogP contribution in [0.4, 0.5) is 0 Å². The minimum absolute atomic E-state index is 0.735. The fourth-order valence-corrected chi connectivity index (χ4v) is 2.22. The van der Waals surface area contributed by atoms with Crippen molar-refractivity contribution in [1.29, 1.82) is 0 Å². The van der Waals surface area contributed by atoms with Crippen LogP contribution in [0.5, 0.6) is 0 Å². The molecule has 1 aromatic heterocycles. The van der Waals surface area contributed by atoms with Gasteiger partial charge in [0.1, 0.15) is 0 Å². The molecule has 0 unspecified atom stereocenters. The molecule has 2 rings (SSSR count). The van der Waals surface area contributed by atoms with Gasteiger partial charge in [-0.1, -0.05) is 19.9 Å². The van der Waals surface area contributed by atoms with Gasteiger partial charge in [-0.3, -0.25) is 4.98 Å². The van der Waals surface area contributed by atoms with Gasteiger partial charge in [0.05, 0.1) is 0 Å². The Morgan fingerprint density at radius 2 is 2.07 bits per heavy atom. The highest BCUT2D eigenvalue weighted by Gasteiger charge is 2.10. The maximum absolute atomic E-state index is 4.57. The largest absolute Gasteiger partial charge is 0.261 e. The topological polar surface area (TPSA) is 12.9 Å². The lowest BCUT2D eigenvalue weighted by atomic mass is 9.93. The molecular weight excluding hydrogens is 170 g/mol. The zero-order chi connectivity index (χ0) is 9.97. The summed E-state index contributed by atoms with van der Waals surface area (Å²) in [6, 6.07) is 2.38. The van der Waals surface area contributed by atoms with Crippen LogP contribution in [0, 0.1) is 5.92 Å². The van der Waals surface area contributed by atoms with Crippen molar-refractivity contribution in [2.45, 2.75) is 46.0 Å². The van der Waals surface area contributed by atoms with Gasteiger partial charge in [0.25, 0.3) is 0 Å². The highest BCUT2D eigenvalue weighted by molar-refractivity contribution is 5.27. The zero-order valence-electron chi connectivity index (χ0n) is 9.21. The first-order valence-corrected chi connectivity index (χ1v) is 5.72. The number of hydrogen-bond acceptors (Lipinski definition) is 1. The van der Waals surface area contributed by atoms with Crippen LogP contribution in [0.1, 0.15) is 43.5 Å². The number of pyridine rings is 1. The van der Waals surface area contributed by atoms with E-state index in [4.69, 9.17) is 0 Å². The van der Waals surface area contributed by atoms with Crippen LogP contribution in [0.2, 0.25) is 0 Å². The molecule has 1 aliphatic carbocycles. The maximum atomic E-state index is 4.57. The minimum atomic E-state index is 0.735. The van der Waals surface area contributed by atoms with E-state index < -0.39 is 0 Å². The van der Waals surface area contributed by atoms with Crippen LogP contribution < -0.4 is 0 Å². The van der Waals surface area contributed by atoms with Crippen LogP contribution in [0.3, 0.4) is 0 Å². The average Bonchev–Trinajstić information content (AvgIpc) is 2.17. The Balaban J connectivity index is 2.20. The number of nitrogens with zero attached hydrogens (tertiary/aromatic N) is 1. The highest BCUT2D eigenvalue weighted by atomic mass is 14.7. The van der Waals surface area contributed by atoms with E-state index in [0.717, 1.165) is 5.92 Å². The monoisotopic (exact) mass is 189 g/mol. The molecule has 1 aromatic rings. The summed E-state index contributed by atoms with van der Waals surface area (Å²) in [5.74, 6) is 0.735. The van der Waals surface area contributed by atoms with Gasteiger partial charge in [-0.15, -0.1) is 0 Å². The van der Waals surface area contributed by atoms with Gasteiger partial charge in [-0.2, -0.15) is 0 Å². The van der Waals surface area contributed by atoms with Gasteiger partial charge in [0.15, 0.2) is 0 Å². The Hall–Kier alpha value is -0.850. The second-order valence-corrected chi connectivity index (χ2v) is 4.75. The lowest BCUT2D eigenvalue weighted by Gasteiger charge is -2.15. The molecule has 1 nitrogen and oxygen atoms in total. The summed E-state index contributed by atoms with van der Waals surface area (Å²) < 4.78 is 0. The fraction of sp³-hybridized carbons (Fsp3) is 0.615. The third-order valence-corrected chi connectivity index (χ3v) is 2.87. The van der Waals surface area contributed by atoms with Crippen LogP contribution in [-0.2, 0) is 19.3 Å². The predicted molar refractivity (Wildman–Crippen MR) is 59.4 cm³/mol. The second kappa shape index (κ2) is 4.12. The summed E-state index contributed by atoms with van der Waals surface area (Å²) in [6.45, 7) is 4.53. The second-order valence-electron chi connectivity index (χ2n) is 4.75. The molecule has 0 N–H and O–H groups in total. The van der Waals surface area contributed by atoms with Crippen molar-refractivity contribution in [3.05, 3.63) is 29.1 Å². The summed E-state index contributed by atoms with van der Waals surface area (Å²) in [6.07, 6.45) is 8.35. The van der Waals surface area contributed by atoms with Gasteiger partial charge in [0, 0.05) is 11.9 Å². The van der Waals surface area contributed by atoms with Crippen molar-refractivity contribution in [1.82, 2.24) is 4.98 Å². The normalized spacial score (nSPS) is 15.6. The summed E-state index contributed by atoms with van der Waals surface area (Å²) in [5.41, 5.74) is 4.28. The highest BCUT2D eigenvalue weighted by Crippen LogP contribution is 2.20. The number of rotatable bonds is 2. The van der Waals surface area contributed by atoms with Crippen molar-refractivity contribution in [3.63, 3.8) is 0 Å². The Bertz CT molecular complexity index is 315. The molecule has 1 aliphatic rings. The summed E-state index contributed by atoms with van der Waals surface area (Å²) in [7, 11) is 0. The number of hydrogen-bond donors (Lipinski definition) is 0. The molecule has 0 amide bonds. The van der Waals surface area contributed by atoms with Crippen LogP contribution in [-0.4, -0.2) is 4.98 Å². The molecule has 0 saturated carbocycles. The van der Waals surface area contributed by atoms with Gasteiger partial charge in [-0.25, -0.2) is 0 Å². The summed E-state index contributed by atoms with van der Waals surface area (Å²) >= 11 is 0. The van der Waals surface area contributed by atoms with Gasteiger partial charge >= 0.3 is 0 Å². The maximum Gasteiger partial charge on any atom is 0.0435 e. The first kappa shape index (κ1) is 9.70. The number of aromatic nitrogens is 1. The molecule has 0 radical (unpaired) electrons. The van der Waals surface area contributed by atoms with Crippen molar-refractivity contribution >= 4 is 0 Å². The number of fused-ring (bicyclic) bond motifs is 1. The van der Waals surface area contributed by atoms with E-state index in [1.807, 2.05) is 0 Å². The first-order chi connectivity index (χ1) is 6.75. The Morgan fingerprint density at radius 1 is 1.29 bits per heavy atom. The third kappa shape index (κ3) is 2.14. The van der Waals surface area contributed by atoms with Crippen molar-refractivity contribution < 1.29 is 0 Å². The van der Waals surface area contributed by atoms with Gasteiger partial charge in [-0.05, 0) is 49.1 Å². The molecule has 0 aromatic carbocycles. The lowest BCUT2D eigenvalue weighted by molar-refractivity contribution is 0.634. The van der Waals surface area contributed by atoms with Gasteiger partial charge < -0.3 is 0 Å². The van der Waals surface area contributed by atoms with E-state index in [2.05, 4.69) is 31.1 Å². The Morgan fingerprint density at radius 3 is 2.86 bits per heavy atom. The van der Waals surface area contributed by atoms with E-state index in [0.29, 0.717) is 0 Å². The third-order valence-electron chi connectivity index (χ3n) is 2.87. The molecule has 0 aliphatic heterocycles. The molecule has 1 heteroatoms. The molecule has 0 spiro atoms. The van der Waals surface area contributed by atoms with E-state index in [1.165, 1.54) is 48.9 Å². The van der Waals surface area contributed by atoms with Crippen molar-refractivity contribution in [3.8, 4) is 0 Å². The standard InChI is InChI=1S/C13H19N/c1-10(2)7-11-8-12-5-3-4-6-13(12)14-9-11/h8-10H,3-7H2,1-2H3. The smallest absolute Gasteiger partial charge is 0.0435 e. The van der Waals surface area contributed by atoms with E-state index in [-0.39, 0.29) is 0 Å². The Kier molecular flexibility index (Phi) is 2.85. The summed E-state index contributed by atoms with van der Waals surface area (Å²) in [4.78, 5) is 4.57. The predicted octanol–water partition coefficient (Wildman–Crippen LogP) is 3.16. The lowest BCUT2D eigenvalue weighted by Crippen LogP contribution is -2.07. The first-order valence-electron chi connectivity index (χ1n) is 5.72. The van der Waals surface area contributed by atoms with Crippen molar-refractivity contribution in [2.75, 3.05) is 0 Å². The summed E-state index contributed by atoms with van der Waals surface area (Å²) in [5, 5.41) is 0. The average molecular weight is 189 g/mol. The van der Waals surface area contributed by atoms with E-state index >= 15 is 0 Å². The van der Waals surface area contributed by atoms with Gasteiger partial charge in [0.2, 0.25) is 0 Å². The number of aryl methyl sites for hydroxylation is 2. The van der Waals surface area contributed by atoms with E-state index in [9.17, 15) is 0 Å². The zero-order valence-corrected chi connectivity index (χ0v) is 9.21. The molecule has 76 valence electrons. The molecular formula is C13H19N. The Labute approximate surface area is 86.6 Å². The van der Waals surface area contributed by atoms with Crippen LogP contribution in [0.25, 0.3) is 0 Å².